The summed E-state index contributed by atoms with van der Waals surface area (Å²) in [6.45, 7) is 6.94. The molecule has 2 heterocycles. The highest BCUT2D eigenvalue weighted by Crippen LogP contribution is 2.31. The highest BCUT2D eigenvalue weighted by Gasteiger charge is 2.36. The lowest BCUT2D eigenvalue weighted by Crippen LogP contribution is -2.45. The third-order valence-corrected chi connectivity index (χ3v) is 6.27. The van der Waals surface area contributed by atoms with Gasteiger partial charge in [0.05, 0.1) is 6.54 Å². The SMILES string of the molecule is CNCc1cc(S(=O)(=O)N2CCCC(C)C2C)c(C)o1. The van der Waals surface area contributed by atoms with Gasteiger partial charge in [-0.05, 0) is 39.7 Å². The molecule has 0 spiro atoms. The molecule has 1 N–H and O–H groups in total. The molecule has 0 saturated carbocycles. The van der Waals surface area contributed by atoms with E-state index in [9.17, 15) is 8.42 Å². The Bertz CT molecular complexity index is 565. The number of furan rings is 1. The summed E-state index contributed by atoms with van der Waals surface area (Å²) in [5.74, 6) is 1.52. The molecule has 1 saturated heterocycles. The summed E-state index contributed by atoms with van der Waals surface area (Å²) in [6.07, 6.45) is 2.01. The number of nitrogens with zero attached hydrogens (tertiary/aromatic N) is 1. The van der Waals surface area contributed by atoms with Crippen molar-refractivity contribution in [2.75, 3.05) is 13.6 Å². The molecule has 1 aliphatic rings. The van der Waals surface area contributed by atoms with Gasteiger partial charge >= 0.3 is 0 Å². The Balaban J connectivity index is 2.34. The Hall–Kier alpha value is -0.850. The first-order valence-corrected chi connectivity index (χ1v) is 8.57. The first-order valence-electron chi connectivity index (χ1n) is 7.13. The van der Waals surface area contributed by atoms with E-state index in [2.05, 4.69) is 12.2 Å². The maximum absolute atomic E-state index is 12.8. The van der Waals surface area contributed by atoms with Gasteiger partial charge in [-0.3, -0.25) is 0 Å². The van der Waals surface area contributed by atoms with Gasteiger partial charge in [0.1, 0.15) is 16.4 Å². The van der Waals surface area contributed by atoms with E-state index in [-0.39, 0.29) is 6.04 Å². The largest absolute Gasteiger partial charge is 0.464 e. The van der Waals surface area contributed by atoms with Crippen LogP contribution in [0.3, 0.4) is 0 Å². The van der Waals surface area contributed by atoms with Crippen LogP contribution in [-0.2, 0) is 16.6 Å². The van der Waals surface area contributed by atoms with Gasteiger partial charge in [-0.15, -0.1) is 0 Å². The Kier molecular flexibility index (Phi) is 4.56. The van der Waals surface area contributed by atoms with Crippen molar-refractivity contribution in [3.8, 4) is 0 Å². The van der Waals surface area contributed by atoms with Crippen LogP contribution in [0.25, 0.3) is 0 Å². The summed E-state index contributed by atoms with van der Waals surface area (Å²) in [4.78, 5) is 0.309. The molecular weight excluding hydrogens is 276 g/mol. The monoisotopic (exact) mass is 300 g/mol. The number of piperidine rings is 1. The number of nitrogens with one attached hydrogen (secondary N) is 1. The molecule has 2 rings (SSSR count). The van der Waals surface area contributed by atoms with Gasteiger partial charge in [-0.2, -0.15) is 4.31 Å². The molecule has 0 bridgehead atoms. The van der Waals surface area contributed by atoms with Gasteiger partial charge in [0.2, 0.25) is 10.0 Å². The molecule has 1 aromatic heterocycles. The summed E-state index contributed by atoms with van der Waals surface area (Å²) in [7, 11) is -1.65. The lowest BCUT2D eigenvalue weighted by molar-refractivity contribution is 0.202. The molecule has 0 amide bonds. The lowest BCUT2D eigenvalue weighted by atomic mass is 9.94. The van der Waals surface area contributed by atoms with Gasteiger partial charge in [0.15, 0.2) is 0 Å². The van der Waals surface area contributed by atoms with Crippen LogP contribution in [0.5, 0.6) is 0 Å². The highest BCUT2D eigenvalue weighted by molar-refractivity contribution is 7.89. The van der Waals surface area contributed by atoms with Crippen molar-refractivity contribution in [1.82, 2.24) is 9.62 Å². The summed E-state index contributed by atoms with van der Waals surface area (Å²) >= 11 is 0. The molecule has 1 aliphatic heterocycles. The zero-order chi connectivity index (χ0) is 14.9. The van der Waals surface area contributed by atoms with Gasteiger partial charge < -0.3 is 9.73 Å². The second-order valence-electron chi connectivity index (χ2n) is 5.64. The average molecular weight is 300 g/mol. The number of aryl methyl sites for hydroxylation is 1. The van der Waals surface area contributed by atoms with Crippen molar-refractivity contribution >= 4 is 10.0 Å². The second-order valence-corrected chi connectivity index (χ2v) is 7.50. The zero-order valence-corrected chi connectivity index (χ0v) is 13.5. The quantitative estimate of drug-likeness (QED) is 0.925. The molecule has 0 aromatic carbocycles. The predicted molar refractivity (Wildman–Crippen MR) is 78.0 cm³/mol. The minimum atomic E-state index is -3.46. The van der Waals surface area contributed by atoms with Crippen LogP contribution in [0.1, 0.15) is 38.2 Å². The van der Waals surface area contributed by atoms with Crippen LogP contribution >= 0.6 is 0 Å². The van der Waals surface area contributed by atoms with E-state index in [1.807, 2.05) is 6.92 Å². The van der Waals surface area contributed by atoms with E-state index in [1.165, 1.54) is 0 Å². The van der Waals surface area contributed by atoms with Crippen molar-refractivity contribution in [3.63, 3.8) is 0 Å². The maximum atomic E-state index is 12.8. The number of rotatable bonds is 4. The van der Waals surface area contributed by atoms with Gasteiger partial charge in [-0.1, -0.05) is 6.92 Å². The third-order valence-electron chi connectivity index (χ3n) is 4.18. The van der Waals surface area contributed by atoms with Crippen molar-refractivity contribution in [2.45, 2.75) is 51.1 Å². The van der Waals surface area contributed by atoms with Crippen molar-refractivity contribution in [3.05, 3.63) is 17.6 Å². The van der Waals surface area contributed by atoms with E-state index in [0.29, 0.717) is 35.4 Å². The van der Waals surface area contributed by atoms with E-state index >= 15 is 0 Å². The fourth-order valence-corrected chi connectivity index (χ4v) is 4.76. The van der Waals surface area contributed by atoms with Gasteiger partial charge in [0.25, 0.3) is 0 Å². The molecule has 1 aromatic rings. The van der Waals surface area contributed by atoms with Crippen LogP contribution in [0.4, 0.5) is 0 Å². The van der Waals surface area contributed by atoms with Crippen molar-refractivity contribution in [1.29, 1.82) is 0 Å². The van der Waals surface area contributed by atoms with Crippen LogP contribution in [0.15, 0.2) is 15.4 Å². The van der Waals surface area contributed by atoms with E-state index in [4.69, 9.17) is 4.42 Å². The van der Waals surface area contributed by atoms with E-state index < -0.39 is 10.0 Å². The summed E-state index contributed by atoms with van der Waals surface area (Å²) in [6, 6.07) is 1.68. The van der Waals surface area contributed by atoms with Crippen LogP contribution in [0, 0.1) is 12.8 Å². The summed E-state index contributed by atoms with van der Waals surface area (Å²) in [5.41, 5.74) is 0. The molecule has 0 radical (unpaired) electrons. The molecule has 0 aliphatic carbocycles. The molecule has 1 fully saturated rings. The smallest absolute Gasteiger partial charge is 0.246 e. The first-order chi connectivity index (χ1) is 9.37. The third kappa shape index (κ3) is 2.77. The van der Waals surface area contributed by atoms with Crippen molar-refractivity contribution < 1.29 is 12.8 Å². The van der Waals surface area contributed by atoms with Crippen molar-refractivity contribution in [2.24, 2.45) is 5.92 Å². The van der Waals surface area contributed by atoms with Gasteiger partial charge in [-0.25, -0.2) is 8.42 Å². The predicted octanol–water partition coefficient (Wildman–Crippen LogP) is 2.12. The van der Waals surface area contributed by atoms with Crippen LogP contribution in [0.2, 0.25) is 0 Å². The number of hydrogen-bond donors (Lipinski definition) is 1. The van der Waals surface area contributed by atoms with E-state index in [1.54, 1.807) is 24.3 Å². The minimum absolute atomic E-state index is 0.0378. The molecule has 2 atom stereocenters. The summed E-state index contributed by atoms with van der Waals surface area (Å²) < 4.78 is 32.8. The molecule has 6 heteroatoms. The Morgan fingerprint density at radius 3 is 2.80 bits per heavy atom. The number of hydrogen-bond acceptors (Lipinski definition) is 4. The minimum Gasteiger partial charge on any atom is -0.464 e. The van der Waals surface area contributed by atoms with Gasteiger partial charge in [0, 0.05) is 18.7 Å². The first kappa shape index (κ1) is 15.5. The highest BCUT2D eigenvalue weighted by atomic mass is 32.2. The molecule has 20 heavy (non-hydrogen) atoms. The molecule has 2 unspecified atom stereocenters. The molecule has 5 nitrogen and oxygen atoms in total. The normalized spacial score (nSPS) is 25.0. The van der Waals surface area contributed by atoms with Crippen LogP contribution < -0.4 is 5.32 Å². The topological polar surface area (TPSA) is 62.6 Å². The van der Waals surface area contributed by atoms with E-state index in [0.717, 1.165) is 12.8 Å². The second kappa shape index (κ2) is 5.87. The Labute approximate surface area is 121 Å². The lowest BCUT2D eigenvalue weighted by Gasteiger charge is -2.36. The Morgan fingerprint density at radius 2 is 2.15 bits per heavy atom. The summed E-state index contributed by atoms with van der Waals surface area (Å²) in [5, 5.41) is 2.97. The maximum Gasteiger partial charge on any atom is 0.246 e. The number of sulfonamides is 1. The fraction of sp³-hybridized carbons (Fsp3) is 0.714. The average Bonchev–Trinajstić information content (AvgIpc) is 2.75. The zero-order valence-electron chi connectivity index (χ0n) is 12.6. The molecular formula is C14H24N2O3S. The Morgan fingerprint density at radius 1 is 1.45 bits per heavy atom. The fourth-order valence-electron chi connectivity index (χ4n) is 2.80. The standard InChI is InChI=1S/C14H24N2O3S/c1-10-6-5-7-16(11(10)2)20(17,18)14-8-13(9-15-4)19-12(14)3/h8,10-11,15H,5-7,9H2,1-4H3. The molecule has 114 valence electrons. The van der Waals surface area contributed by atoms with Crippen LogP contribution in [-0.4, -0.2) is 32.4 Å².